The number of imide groups is 1. The summed E-state index contributed by atoms with van der Waals surface area (Å²) in [4.78, 5) is 71.8. The van der Waals surface area contributed by atoms with Crippen LogP contribution in [0, 0.1) is 23.3 Å². The fourth-order valence-electron chi connectivity index (χ4n) is 3.77. The number of benzene rings is 4. The van der Waals surface area contributed by atoms with E-state index in [0.29, 0.717) is 28.5 Å². The molecular weight excluding hydrogens is 839 g/mol. The number of ether oxygens (including phenoxy) is 1. The van der Waals surface area contributed by atoms with Crippen molar-refractivity contribution in [2.45, 2.75) is 53.7 Å². The van der Waals surface area contributed by atoms with Gasteiger partial charge >= 0.3 is 47.5 Å². The van der Waals surface area contributed by atoms with Gasteiger partial charge in [-0.25, -0.2) is 31.9 Å². The first kappa shape index (κ1) is 62.8. The second kappa shape index (κ2) is 37.0. The van der Waals surface area contributed by atoms with Crippen molar-refractivity contribution in [2.24, 2.45) is 0 Å². The summed E-state index contributed by atoms with van der Waals surface area (Å²) in [5.41, 5.74) is 2.23. The van der Waals surface area contributed by atoms with Crippen molar-refractivity contribution < 1.29 is 112 Å². The number of ketones is 1. The van der Waals surface area contributed by atoms with E-state index >= 15 is 0 Å². The van der Waals surface area contributed by atoms with E-state index < -0.39 is 47.7 Å². The number of aliphatic hydroxyl groups is 3. The van der Waals surface area contributed by atoms with Gasteiger partial charge in [-0.15, -0.1) is 0 Å². The summed E-state index contributed by atoms with van der Waals surface area (Å²) < 4.78 is 59.5. The van der Waals surface area contributed by atoms with Crippen molar-refractivity contribution in [1.82, 2.24) is 10.6 Å². The fourth-order valence-corrected chi connectivity index (χ4v) is 3.77. The van der Waals surface area contributed by atoms with Gasteiger partial charge in [0.05, 0.1) is 13.7 Å². The van der Waals surface area contributed by atoms with Gasteiger partial charge in [0.1, 0.15) is 35.5 Å². The predicted octanol–water partition coefficient (Wildman–Crippen LogP) is 0.388. The van der Waals surface area contributed by atoms with Crippen molar-refractivity contribution in [2.75, 3.05) is 20.8 Å². The Kier molecular flexibility index (Phi) is 37.5. The fraction of sp³-hybridized carbons (Fsp3) is 0.262. The minimum Gasteiger partial charge on any atom is -0.542 e. The van der Waals surface area contributed by atoms with Crippen LogP contribution in [0.4, 0.5) is 22.4 Å². The second-order valence-electron chi connectivity index (χ2n) is 11.0. The molecule has 0 saturated carbocycles. The Labute approximate surface area is 380 Å². The zero-order valence-electron chi connectivity index (χ0n) is 33.8. The molecule has 0 spiro atoms. The third-order valence-corrected chi connectivity index (χ3v) is 6.62. The summed E-state index contributed by atoms with van der Waals surface area (Å²) in [6.07, 6.45) is -2.07. The quantitative estimate of drug-likeness (QED) is 0.0315. The van der Waals surface area contributed by atoms with E-state index in [1.165, 1.54) is 99.4 Å². The van der Waals surface area contributed by atoms with E-state index in [4.69, 9.17) is 16.7 Å². The first-order valence-electron chi connectivity index (χ1n) is 17.3. The zero-order chi connectivity index (χ0) is 46.2. The number of Topliss-reactive ketones (excluding diaryl/α,β-unsaturated/α-hetero) is 1. The van der Waals surface area contributed by atoms with Gasteiger partial charge < -0.3 is 40.4 Å². The molecule has 0 bridgehead atoms. The topological polar surface area (TPSA) is 257 Å². The van der Waals surface area contributed by atoms with Crippen LogP contribution in [-0.2, 0) is 48.0 Å². The average molecular weight is 892 g/mol. The molecule has 1 fully saturated rings. The number of esters is 1. The van der Waals surface area contributed by atoms with Crippen molar-refractivity contribution >= 4 is 41.9 Å². The number of methoxy groups -OCH3 is 1. The molecule has 6 N–H and O–H groups in total. The largest absolute Gasteiger partial charge is 1.00 e. The van der Waals surface area contributed by atoms with Gasteiger partial charge in [-0.1, -0.05) is 58.7 Å². The maximum atomic E-state index is 12.5. The number of urea groups is 1. The van der Waals surface area contributed by atoms with Crippen LogP contribution in [0.1, 0.15) is 50.7 Å². The number of rotatable bonds is 10. The van der Waals surface area contributed by atoms with Crippen molar-refractivity contribution in [3.63, 3.8) is 0 Å². The smallest absolute Gasteiger partial charge is 0.542 e. The third-order valence-electron chi connectivity index (χ3n) is 6.62. The summed E-state index contributed by atoms with van der Waals surface area (Å²) in [6.45, 7) is 0.124. The number of hydrogen-bond donors (Lipinski definition) is 6. The Hall–Kier alpha value is -5.83. The van der Waals surface area contributed by atoms with Gasteiger partial charge in [-0.3, -0.25) is 19.7 Å². The first-order valence-corrected chi connectivity index (χ1v) is 16.3. The predicted molar refractivity (Wildman–Crippen MR) is 214 cm³/mol. The molecule has 0 radical (unpaired) electrons. The molecule has 3 amide bonds. The molecule has 1 heterocycles. The summed E-state index contributed by atoms with van der Waals surface area (Å²) in [5.74, 6) is -6.42. The number of amides is 3. The molecule has 0 aromatic heterocycles. The number of carbonyl (C=O) groups is 7. The molecule has 0 aliphatic carbocycles. The van der Waals surface area contributed by atoms with Crippen LogP contribution in [0.25, 0.3) is 0 Å². The molecule has 15 nitrogen and oxygen atoms in total. The molecule has 0 unspecified atom stereocenters. The zero-order valence-corrected chi connectivity index (χ0v) is 34.8. The summed E-state index contributed by atoms with van der Waals surface area (Å²) >= 11 is 0. The Morgan fingerprint density at radius 1 is 0.726 bits per heavy atom. The van der Waals surface area contributed by atoms with Crippen molar-refractivity contribution in [1.29, 1.82) is 0 Å². The molecule has 20 heteroatoms. The summed E-state index contributed by atoms with van der Waals surface area (Å²) in [6, 6.07) is 20.9. The van der Waals surface area contributed by atoms with Crippen molar-refractivity contribution in [3.05, 3.63) is 143 Å². The molecule has 1 aliphatic rings. The van der Waals surface area contributed by atoms with Crippen LogP contribution in [0.2, 0.25) is 0 Å². The van der Waals surface area contributed by atoms with Crippen LogP contribution in [0.5, 0.6) is 0 Å². The SMILES string of the molecule is C.C.CO.COC(=O)[C@H](O)Cc1ccc(F)cc1.O=C(O)[C@H](O)Cc1ccc(F)cc1.O=C([O-])C(=O)Cc1ccc(F)cc1.O=C1CNC(=O)N1.O=Cc1ccc(F)cc1.[2H]C.[Na+]. The van der Waals surface area contributed by atoms with Gasteiger partial charge in [0.2, 0.25) is 5.91 Å². The van der Waals surface area contributed by atoms with Crippen LogP contribution >= 0.6 is 0 Å². The summed E-state index contributed by atoms with van der Waals surface area (Å²) in [7, 11) is 3.45. The number of aliphatic carboxylic acids is 2. The maximum absolute atomic E-state index is 12.5. The minimum absolute atomic E-state index is 0. The van der Waals surface area contributed by atoms with Crippen LogP contribution in [0.15, 0.2) is 97.1 Å². The maximum Gasteiger partial charge on any atom is 1.00 e. The molecule has 62 heavy (non-hydrogen) atoms. The van der Waals surface area contributed by atoms with E-state index in [1.54, 1.807) is 0 Å². The normalized spacial score (nSPS) is 11.0. The second-order valence-corrected chi connectivity index (χ2v) is 11.0. The van der Waals surface area contributed by atoms with E-state index in [0.717, 1.165) is 19.2 Å². The molecule has 4 aromatic carbocycles. The van der Waals surface area contributed by atoms with Gasteiger partial charge in [0.25, 0.3) is 0 Å². The molecule has 4 aromatic rings. The number of nitrogens with one attached hydrogen (secondary N) is 2. The van der Waals surface area contributed by atoms with Gasteiger partial charge in [0, 0.05) is 33.3 Å². The Balaban J connectivity index is -0.000000218. The van der Waals surface area contributed by atoms with Crippen LogP contribution in [0.3, 0.4) is 0 Å². The van der Waals surface area contributed by atoms with Crippen LogP contribution in [-0.4, -0.2) is 95.3 Å². The van der Waals surface area contributed by atoms with E-state index in [-0.39, 0.29) is 93.6 Å². The Bertz CT molecular complexity index is 1900. The molecule has 1 saturated heterocycles. The Morgan fingerprint density at radius 2 is 1.08 bits per heavy atom. The standard InChI is InChI=1S/C10H11FO3.C9H9FO3.C9H7FO3.C7H5FO.C3H4N2O2.CH4O.3CH4.Na/c1-14-10(13)9(12)6-7-2-4-8(11)5-3-7;2*10-7-3-1-6(2-4-7)5-8(11)9(12)13;8-7-3-1-6(5-9)2-4-7;6-2-1-4-3(7)5-2;1-2;;;;/h2-5,9,12H,6H2,1H3;1-4,8,11H,5H2,(H,12,13);1-4H,5H2,(H,12,13);1-5H;1H2,(H2,4,5,6,7);2H,1H3;3*1H4;/q;;;;;;;;;+1/p-1/t9-;8-;;;;;;;;/m11......../s1/i;;;;;;1D;;;. The molecular formula is C42H51F4N2NaO13. The van der Waals surface area contributed by atoms with E-state index in [9.17, 15) is 61.3 Å². The van der Waals surface area contributed by atoms with Gasteiger partial charge in [0.15, 0.2) is 18.0 Å². The number of hydrogen-bond acceptors (Lipinski definition) is 12. The summed E-state index contributed by atoms with van der Waals surface area (Å²) in [5, 5.41) is 47.9. The number of aldehydes is 1. The minimum atomic E-state index is -1.72. The monoisotopic (exact) mass is 891 g/mol. The number of carboxylic acid groups (broad SMARTS) is 2. The number of halogens is 4. The number of carboxylic acids is 2. The number of carbonyl (C=O) groups excluding carboxylic acids is 6. The average Bonchev–Trinajstić information content (AvgIpc) is 3.64. The van der Waals surface area contributed by atoms with Crippen LogP contribution < -0.4 is 45.3 Å². The number of aliphatic hydroxyl groups excluding tert-OH is 3. The molecule has 2 atom stereocenters. The first-order chi connectivity index (χ1) is 28.4. The van der Waals surface area contributed by atoms with Gasteiger partial charge in [-0.05, 0) is 77.4 Å². The van der Waals surface area contributed by atoms with Gasteiger partial charge in [-0.2, -0.15) is 0 Å². The Morgan fingerprint density at radius 3 is 1.35 bits per heavy atom. The molecule has 336 valence electrons. The van der Waals surface area contributed by atoms with E-state index in [1.807, 2.05) is 5.32 Å². The molecule has 1 aliphatic heterocycles. The van der Waals surface area contributed by atoms with Crippen molar-refractivity contribution in [3.8, 4) is 0 Å². The third kappa shape index (κ3) is 30.2. The molecule has 5 rings (SSSR count). The van der Waals surface area contributed by atoms with E-state index in [2.05, 4.69) is 10.1 Å².